The fourth-order valence-electron chi connectivity index (χ4n) is 4.10. The zero-order chi connectivity index (χ0) is 18.4. The standard InChI is InChI=1S/C20H19NO5/c21-18(17(20(24)25)12-9-13(12)19(22)23)16-10-5-1-3-7-14(10)26-15-8-4-2-6-11(15)16/h1-8,12-13,16-18H,9,21H2,(H,22,23)(H,24,25)/t12-,13-,17?,18?/m1/s1. The molecule has 1 aliphatic carbocycles. The first-order valence-corrected chi connectivity index (χ1v) is 8.56. The van der Waals surface area contributed by atoms with E-state index in [4.69, 9.17) is 10.5 Å². The Kier molecular flexibility index (Phi) is 3.92. The van der Waals surface area contributed by atoms with Gasteiger partial charge in [0.15, 0.2) is 0 Å². The van der Waals surface area contributed by atoms with E-state index in [1.54, 1.807) is 0 Å². The fraction of sp³-hybridized carbons (Fsp3) is 0.300. The minimum atomic E-state index is -1.05. The molecule has 4 atom stereocenters. The lowest BCUT2D eigenvalue weighted by Gasteiger charge is -2.34. The van der Waals surface area contributed by atoms with Crippen molar-refractivity contribution in [2.75, 3.05) is 0 Å². The SMILES string of the molecule is NC(C1c2ccccc2Oc2ccccc21)C(C(=O)O)[C@@H]1C[C@H]1C(=O)O. The van der Waals surface area contributed by atoms with E-state index in [9.17, 15) is 19.8 Å². The summed E-state index contributed by atoms with van der Waals surface area (Å²) in [5.74, 6) is -3.07. The Hall–Kier alpha value is -2.86. The largest absolute Gasteiger partial charge is 0.481 e. The molecule has 6 heteroatoms. The van der Waals surface area contributed by atoms with E-state index in [0.717, 1.165) is 11.1 Å². The van der Waals surface area contributed by atoms with Crippen molar-refractivity contribution in [3.05, 3.63) is 59.7 Å². The van der Waals surface area contributed by atoms with Crippen LogP contribution in [0.25, 0.3) is 0 Å². The highest BCUT2D eigenvalue weighted by Crippen LogP contribution is 2.51. The number of carboxylic acid groups (broad SMARTS) is 2. The normalized spacial score (nSPS) is 23.1. The molecule has 0 bridgehead atoms. The van der Waals surface area contributed by atoms with Crippen LogP contribution in [0.3, 0.4) is 0 Å². The Morgan fingerprint density at radius 3 is 2.00 bits per heavy atom. The average molecular weight is 353 g/mol. The van der Waals surface area contributed by atoms with Crippen LogP contribution in [0.15, 0.2) is 48.5 Å². The molecule has 2 aromatic rings. The lowest BCUT2D eigenvalue weighted by Crippen LogP contribution is -2.43. The minimum absolute atomic E-state index is 0.354. The second-order valence-electron chi connectivity index (χ2n) is 6.94. The lowest BCUT2D eigenvalue weighted by molar-refractivity contribution is -0.144. The molecular formula is C20H19NO5. The number of hydrogen-bond acceptors (Lipinski definition) is 4. The molecule has 1 aliphatic heterocycles. The molecule has 4 rings (SSSR count). The maximum Gasteiger partial charge on any atom is 0.308 e. The van der Waals surface area contributed by atoms with Crippen molar-refractivity contribution in [1.29, 1.82) is 0 Å². The summed E-state index contributed by atoms with van der Waals surface area (Å²) < 4.78 is 5.94. The van der Waals surface area contributed by atoms with Gasteiger partial charge in [0.2, 0.25) is 0 Å². The number of aliphatic carboxylic acids is 2. The molecule has 0 saturated heterocycles. The molecule has 4 N–H and O–H groups in total. The summed E-state index contributed by atoms with van der Waals surface area (Å²) in [6.45, 7) is 0. The van der Waals surface area contributed by atoms with Gasteiger partial charge >= 0.3 is 11.9 Å². The van der Waals surface area contributed by atoms with Crippen molar-refractivity contribution in [2.24, 2.45) is 23.5 Å². The number of carboxylic acids is 2. The molecule has 0 radical (unpaired) electrons. The first-order valence-electron chi connectivity index (χ1n) is 8.56. The first kappa shape index (κ1) is 16.6. The van der Waals surface area contributed by atoms with Gasteiger partial charge < -0.3 is 20.7 Å². The molecule has 0 aromatic heterocycles. The van der Waals surface area contributed by atoms with Gasteiger partial charge in [0, 0.05) is 23.1 Å². The Balaban J connectivity index is 1.76. The minimum Gasteiger partial charge on any atom is -0.481 e. The molecule has 2 aromatic carbocycles. The number of nitrogens with two attached hydrogens (primary N) is 1. The summed E-state index contributed by atoms with van der Waals surface area (Å²) in [5, 5.41) is 19.0. The summed E-state index contributed by atoms with van der Waals surface area (Å²) in [7, 11) is 0. The lowest BCUT2D eigenvalue weighted by atomic mass is 9.76. The van der Waals surface area contributed by atoms with E-state index >= 15 is 0 Å². The maximum atomic E-state index is 12.0. The summed E-state index contributed by atoms with van der Waals surface area (Å²) in [6.07, 6.45) is 0.354. The Morgan fingerprint density at radius 2 is 1.54 bits per heavy atom. The van der Waals surface area contributed by atoms with Gasteiger partial charge in [0.05, 0.1) is 11.8 Å². The van der Waals surface area contributed by atoms with Crippen LogP contribution in [-0.4, -0.2) is 28.2 Å². The van der Waals surface area contributed by atoms with Crippen LogP contribution >= 0.6 is 0 Å². The Bertz CT molecular complexity index is 835. The fourth-order valence-corrected chi connectivity index (χ4v) is 4.10. The summed E-state index contributed by atoms with van der Waals surface area (Å²) in [5.41, 5.74) is 8.16. The molecule has 134 valence electrons. The number of ether oxygens (including phenoxy) is 1. The van der Waals surface area contributed by atoms with Gasteiger partial charge in [-0.3, -0.25) is 9.59 Å². The summed E-state index contributed by atoms with van der Waals surface area (Å²) >= 11 is 0. The first-order chi connectivity index (χ1) is 12.5. The van der Waals surface area contributed by atoms with Crippen molar-refractivity contribution >= 4 is 11.9 Å². The van der Waals surface area contributed by atoms with E-state index in [2.05, 4.69) is 0 Å². The molecule has 0 amide bonds. The molecule has 1 saturated carbocycles. The molecule has 1 heterocycles. The number of fused-ring (bicyclic) bond motifs is 2. The number of hydrogen-bond donors (Lipinski definition) is 3. The predicted octanol–water partition coefficient (Wildman–Crippen LogP) is 2.67. The smallest absolute Gasteiger partial charge is 0.308 e. The number of carbonyl (C=O) groups is 2. The van der Waals surface area contributed by atoms with Crippen molar-refractivity contribution in [2.45, 2.75) is 18.4 Å². The highest BCUT2D eigenvalue weighted by molar-refractivity contribution is 5.78. The molecular weight excluding hydrogens is 334 g/mol. The quantitative estimate of drug-likeness (QED) is 0.762. The highest BCUT2D eigenvalue weighted by Gasteiger charge is 2.54. The molecule has 2 aliphatic rings. The molecule has 2 unspecified atom stereocenters. The van der Waals surface area contributed by atoms with Crippen LogP contribution in [0.1, 0.15) is 23.5 Å². The van der Waals surface area contributed by atoms with Crippen molar-refractivity contribution < 1.29 is 24.5 Å². The van der Waals surface area contributed by atoms with Crippen molar-refractivity contribution in [1.82, 2.24) is 0 Å². The van der Waals surface area contributed by atoms with Crippen molar-refractivity contribution in [3.8, 4) is 11.5 Å². The third-order valence-corrected chi connectivity index (χ3v) is 5.43. The van der Waals surface area contributed by atoms with Crippen LogP contribution < -0.4 is 10.5 Å². The molecule has 26 heavy (non-hydrogen) atoms. The van der Waals surface area contributed by atoms with Gasteiger partial charge in [-0.05, 0) is 24.5 Å². The number of para-hydroxylation sites is 2. The zero-order valence-electron chi connectivity index (χ0n) is 13.9. The van der Waals surface area contributed by atoms with Crippen molar-refractivity contribution in [3.63, 3.8) is 0 Å². The van der Waals surface area contributed by atoms with Crippen LogP contribution in [0, 0.1) is 17.8 Å². The van der Waals surface area contributed by atoms with E-state index in [-0.39, 0.29) is 5.92 Å². The average Bonchev–Trinajstić information content (AvgIpc) is 3.39. The van der Waals surface area contributed by atoms with Crippen LogP contribution in [0.4, 0.5) is 0 Å². The van der Waals surface area contributed by atoms with Gasteiger partial charge in [-0.1, -0.05) is 36.4 Å². The summed E-state index contributed by atoms with van der Waals surface area (Å²) in [6, 6.07) is 14.1. The highest BCUT2D eigenvalue weighted by atomic mass is 16.5. The molecule has 6 nitrogen and oxygen atoms in total. The third-order valence-electron chi connectivity index (χ3n) is 5.43. The monoisotopic (exact) mass is 353 g/mol. The van der Waals surface area contributed by atoms with E-state index in [0.29, 0.717) is 17.9 Å². The van der Waals surface area contributed by atoms with Gasteiger partial charge in [-0.15, -0.1) is 0 Å². The Morgan fingerprint density at radius 1 is 1.00 bits per heavy atom. The number of rotatable bonds is 5. The maximum absolute atomic E-state index is 12.0. The summed E-state index contributed by atoms with van der Waals surface area (Å²) in [4.78, 5) is 23.2. The van der Waals surface area contributed by atoms with Crippen LogP contribution in [0.5, 0.6) is 11.5 Å². The third kappa shape index (κ3) is 2.63. The molecule has 0 spiro atoms. The van der Waals surface area contributed by atoms with Crippen LogP contribution in [0.2, 0.25) is 0 Å². The van der Waals surface area contributed by atoms with Gasteiger partial charge in [-0.25, -0.2) is 0 Å². The number of benzene rings is 2. The van der Waals surface area contributed by atoms with E-state index in [1.165, 1.54) is 0 Å². The topological polar surface area (TPSA) is 110 Å². The van der Waals surface area contributed by atoms with Crippen LogP contribution in [-0.2, 0) is 9.59 Å². The van der Waals surface area contributed by atoms with Gasteiger partial charge in [0.25, 0.3) is 0 Å². The van der Waals surface area contributed by atoms with Gasteiger partial charge in [0.1, 0.15) is 11.5 Å². The van der Waals surface area contributed by atoms with E-state index < -0.39 is 35.7 Å². The predicted molar refractivity (Wildman–Crippen MR) is 93.1 cm³/mol. The molecule has 1 fully saturated rings. The second-order valence-corrected chi connectivity index (χ2v) is 6.94. The van der Waals surface area contributed by atoms with Gasteiger partial charge in [-0.2, -0.15) is 0 Å². The Labute approximate surface area is 150 Å². The second kappa shape index (κ2) is 6.14. The van der Waals surface area contributed by atoms with E-state index in [1.807, 2.05) is 48.5 Å². The zero-order valence-corrected chi connectivity index (χ0v) is 13.9.